The summed E-state index contributed by atoms with van der Waals surface area (Å²) in [5.74, 6) is 0.479. The monoisotopic (exact) mass is 294 g/mol. The first-order valence-electron chi connectivity index (χ1n) is 7.42. The van der Waals surface area contributed by atoms with Crippen LogP contribution in [-0.2, 0) is 11.3 Å². The third-order valence-electron chi connectivity index (χ3n) is 4.48. The molecule has 0 amide bonds. The number of hydrogen-bond donors (Lipinski definition) is 2. The van der Waals surface area contributed by atoms with Gasteiger partial charge in [0, 0.05) is 30.8 Å². The molecule has 5 heteroatoms. The summed E-state index contributed by atoms with van der Waals surface area (Å²) in [6, 6.07) is 4.42. The zero-order valence-corrected chi connectivity index (χ0v) is 12.5. The second kappa shape index (κ2) is 6.35. The first-order chi connectivity index (χ1) is 9.78. The number of pyridine rings is 1. The average molecular weight is 294 g/mol. The molecule has 2 aliphatic rings. The highest BCUT2D eigenvalue weighted by molar-refractivity contribution is 7.71. The van der Waals surface area contributed by atoms with E-state index in [0.29, 0.717) is 12.0 Å². The summed E-state index contributed by atoms with van der Waals surface area (Å²) in [7, 11) is 0. The van der Waals surface area contributed by atoms with E-state index in [1.165, 1.54) is 17.7 Å². The summed E-state index contributed by atoms with van der Waals surface area (Å²) in [5, 5.41) is 9.46. The lowest BCUT2D eigenvalue weighted by Gasteiger charge is -2.24. The lowest BCUT2D eigenvalue weighted by molar-refractivity contribution is 0.152. The third-order valence-corrected chi connectivity index (χ3v) is 4.72. The Morgan fingerprint density at radius 1 is 1.40 bits per heavy atom. The molecule has 1 aromatic rings. The van der Waals surface area contributed by atoms with Crippen molar-refractivity contribution < 1.29 is 9.84 Å². The second-order valence-corrected chi connectivity index (χ2v) is 6.21. The van der Waals surface area contributed by atoms with E-state index in [0.717, 1.165) is 43.8 Å². The number of likely N-dealkylation sites (tertiary alicyclic amines) is 1. The molecule has 0 radical (unpaired) electrons. The largest absolute Gasteiger partial charge is 0.395 e. The van der Waals surface area contributed by atoms with E-state index in [4.69, 9.17) is 17.0 Å². The Hall–Kier alpha value is -0.750. The maximum atomic E-state index is 9.46. The molecule has 0 unspecified atom stereocenters. The molecule has 110 valence electrons. The van der Waals surface area contributed by atoms with Crippen LogP contribution in [0.5, 0.6) is 0 Å². The van der Waals surface area contributed by atoms with E-state index >= 15 is 0 Å². The molecule has 2 aliphatic heterocycles. The number of rotatable bonds is 4. The summed E-state index contributed by atoms with van der Waals surface area (Å²) in [4.78, 5) is 5.72. The number of aromatic amines is 1. The van der Waals surface area contributed by atoms with Crippen LogP contribution in [0.25, 0.3) is 0 Å². The molecule has 0 bridgehead atoms. The zero-order valence-electron chi connectivity index (χ0n) is 11.7. The van der Waals surface area contributed by atoms with E-state index < -0.39 is 0 Å². The van der Waals surface area contributed by atoms with Gasteiger partial charge in [0.05, 0.1) is 13.2 Å². The number of aliphatic hydroxyl groups is 1. The van der Waals surface area contributed by atoms with Gasteiger partial charge in [-0.3, -0.25) is 4.90 Å². The first kappa shape index (κ1) is 14.2. The van der Waals surface area contributed by atoms with Crippen molar-refractivity contribution in [1.82, 2.24) is 9.88 Å². The molecule has 3 heterocycles. The van der Waals surface area contributed by atoms with Gasteiger partial charge in [-0.1, -0.05) is 18.3 Å². The van der Waals surface area contributed by atoms with Gasteiger partial charge in [0.15, 0.2) is 0 Å². The molecule has 0 spiro atoms. The minimum atomic E-state index is 0.245. The Kier molecular flexibility index (Phi) is 4.51. The van der Waals surface area contributed by atoms with Crippen molar-refractivity contribution in [3.63, 3.8) is 0 Å². The van der Waals surface area contributed by atoms with Crippen molar-refractivity contribution in [3.05, 3.63) is 28.0 Å². The average Bonchev–Trinajstić information content (AvgIpc) is 3.10. The van der Waals surface area contributed by atoms with Crippen molar-refractivity contribution in [2.75, 3.05) is 26.4 Å². The molecule has 0 aromatic carbocycles. The molecule has 0 aliphatic carbocycles. The molecular formula is C15H22N2O2S. The summed E-state index contributed by atoms with van der Waals surface area (Å²) in [6.45, 7) is 3.81. The molecule has 1 aromatic heterocycles. The fraction of sp³-hybridized carbons (Fsp3) is 0.667. The molecule has 3 rings (SSSR count). The maximum Gasteiger partial charge on any atom is 0.103 e. The first-order valence-corrected chi connectivity index (χ1v) is 7.83. The molecular weight excluding hydrogens is 272 g/mol. The van der Waals surface area contributed by atoms with Crippen molar-refractivity contribution in [2.24, 2.45) is 0 Å². The van der Waals surface area contributed by atoms with Gasteiger partial charge in [0.1, 0.15) is 4.64 Å². The van der Waals surface area contributed by atoms with Crippen LogP contribution in [0, 0.1) is 4.64 Å². The summed E-state index contributed by atoms with van der Waals surface area (Å²) >= 11 is 5.28. The molecule has 4 nitrogen and oxygen atoms in total. The standard InChI is InChI=1S/C15H22N2O2S/c18-9-12-2-1-6-17(12)8-14-13(3-4-15(20)16-14)11-5-7-19-10-11/h3-4,11-12,18H,1-2,5-10H2,(H,16,20)/t11-,12-/m0/s1. The van der Waals surface area contributed by atoms with Gasteiger partial charge in [0.2, 0.25) is 0 Å². The van der Waals surface area contributed by atoms with Gasteiger partial charge >= 0.3 is 0 Å². The maximum absolute atomic E-state index is 9.46. The Morgan fingerprint density at radius 2 is 2.30 bits per heavy atom. The SMILES string of the molecule is OC[C@@H]1CCCN1Cc1[nH]c(=S)ccc1[C@H]1CCOC1. The van der Waals surface area contributed by atoms with Crippen molar-refractivity contribution in [2.45, 2.75) is 37.8 Å². The van der Waals surface area contributed by atoms with Crippen molar-refractivity contribution in [3.8, 4) is 0 Å². The van der Waals surface area contributed by atoms with Crippen LogP contribution < -0.4 is 0 Å². The fourth-order valence-electron chi connectivity index (χ4n) is 3.33. The molecule has 2 N–H and O–H groups in total. The molecule has 2 fully saturated rings. The minimum absolute atomic E-state index is 0.245. The Morgan fingerprint density at radius 3 is 3.05 bits per heavy atom. The number of ether oxygens (including phenoxy) is 1. The van der Waals surface area contributed by atoms with Crippen LogP contribution in [-0.4, -0.2) is 47.4 Å². The lowest BCUT2D eigenvalue weighted by Crippen LogP contribution is -2.32. The summed E-state index contributed by atoms with van der Waals surface area (Å²) < 4.78 is 6.30. The van der Waals surface area contributed by atoms with E-state index in [1.807, 2.05) is 6.07 Å². The van der Waals surface area contributed by atoms with E-state index in [9.17, 15) is 5.11 Å². The van der Waals surface area contributed by atoms with Gasteiger partial charge in [-0.05, 0) is 37.4 Å². The zero-order chi connectivity index (χ0) is 13.9. The molecule has 2 saturated heterocycles. The number of aromatic nitrogens is 1. The summed E-state index contributed by atoms with van der Waals surface area (Å²) in [5.41, 5.74) is 2.54. The quantitative estimate of drug-likeness (QED) is 0.836. The van der Waals surface area contributed by atoms with Gasteiger partial charge in [0.25, 0.3) is 0 Å². The van der Waals surface area contributed by atoms with Crippen LogP contribution >= 0.6 is 12.2 Å². The number of aliphatic hydroxyl groups excluding tert-OH is 1. The molecule has 20 heavy (non-hydrogen) atoms. The normalized spacial score (nSPS) is 27.2. The van der Waals surface area contributed by atoms with E-state index in [-0.39, 0.29) is 6.61 Å². The van der Waals surface area contributed by atoms with Crippen molar-refractivity contribution >= 4 is 12.2 Å². The van der Waals surface area contributed by atoms with Crippen LogP contribution in [0.4, 0.5) is 0 Å². The van der Waals surface area contributed by atoms with E-state index in [1.54, 1.807) is 0 Å². The topological polar surface area (TPSA) is 48.5 Å². The number of nitrogens with one attached hydrogen (secondary N) is 1. The Labute approximate surface area is 124 Å². The third kappa shape index (κ3) is 2.96. The van der Waals surface area contributed by atoms with Crippen LogP contribution in [0.1, 0.15) is 36.4 Å². The highest BCUT2D eigenvalue weighted by Crippen LogP contribution is 2.29. The predicted octanol–water partition coefficient (Wildman–Crippen LogP) is 2.20. The second-order valence-electron chi connectivity index (χ2n) is 5.77. The van der Waals surface area contributed by atoms with Crippen molar-refractivity contribution in [1.29, 1.82) is 0 Å². The Balaban J connectivity index is 1.83. The fourth-order valence-corrected chi connectivity index (χ4v) is 3.53. The predicted molar refractivity (Wildman–Crippen MR) is 80.3 cm³/mol. The van der Waals surface area contributed by atoms with Gasteiger partial charge in [-0.15, -0.1) is 0 Å². The van der Waals surface area contributed by atoms with Crippen LogP contribution in [0.3, 0.4) is 0 Å². The van der Waals surface area contributed by atoms with E-state index in [2.05, 4.69) is 16.0 Å². The number of H-pyrrole nitrogens is 1. The summed E-state index contributed by atoms with van der Waals surface area (Å²) in [6.07, 6.45) is 3.34. The van der Waals surface area contributed by atoms with Gasteiger partial charge < -0.3 is 14.8 Å². The van der Waals surface area contributed by atoms with Gasteiger partial charge in [-0.25, -0.2) is 0 Å². The highest BCUT2D eigenvalue weighted by Gasteiger charge is 2.26. The highest BCUT2D eigenvalue weighted by atomic mass is 32.1. The number of hydrogen-bond acceptors (Lipinski definition) is 4. The minimum Gasteiger partial charge on any atom is -0.395 e. The number of nitrogens with zero attached hydrogens (tertiary/aromatic N) is 1. The van der Waals surface area contributed by atoms with Crippen LogP contribution in [0.15, 0.2) is 12.1 Å². The van der Waals surface area contributed by atoms with Crippen LogP contribution in [0.2, 0.25) is 0 Å². The molecule has 0 saturated carbocycles. The smallest absolute Gasteiger partial charge is 0.103 e. The van der Waals surface area contributed by atoms with Gasteiger partial charge in [-0.2, -0.15) is 0 Å². The molecule has 2 atom stereocenters. The lowest BCUT2D eigenvalue weighted by atomic mass is 9.96. The Bertz CT molecular complexity index is 511.